The van der Waals surface area contributed by atoms with Gasteiger partial charge < -0.3 is 15.1 Å². The van der Waals surface area contributed by atoms with E-state index in [1.54, 1.807) is 17.1 Å². The third-order valence-corrected chi connectivity index (χ3v) is 6.16. The molecule has 2 atom stereocenters. The van der Waals surface area contributed by atoms with E-state index in [0.29, 0.717) is 23.2 Å². The van der Waals surface area contributed by atoms with Crippen molar-refractivity contribution in [2.75, 3.05) is 18.4 Å². The number of hydrogen-bond acceptors (Lipinski definition) is 2. The summed E-state index contributed by atoms with van der Waals surface area (Å²) in [7, 11) is 0. The maximum atomic E-state index is 13.5. The van der Waals surface area contributed by atoms with Crippen molar-refractivity contribution in [2.45, 2.75) is 38.3 Å². The molecule has 0 saturated carbocycles. The Kier molecular flexibility index (Phi) is 6.85. The van der Waals surface area contributed by atoms with E-state index in [1.165, 1.54) is 6.07 Å². The molecule has 8 heteroatoms. The lowest BCUT2D eigenvalue weighted by molar-refractivity contribution is 0.141. The van der Waals surface area contributed by atoms with Crippen molar-refractivity contribution in [2.24, 2.45) is 0 Å². The molecule has 3 fully saturated rings. The molecule has 0 aromatic heterocycles. The van der Waals surface area contributed by atoms with Crippen LogP contribution in [0, 0.1) is 11.6 Å². The van der Waals surface area contributed by atoms with Gasteiger partial charge >= 0.3 is 6.03 Å². The van der Waals surface area contributed by atoms with Gasteiger partial charge in [0.15, 0.2) is 11.6 Å². The van der Waals surface area contributed by atoms with Gasteiger partial charge in [0.25, 0.3) is 0 Å². The first kappa shape index (κ1) is 21.7. The third-order valence-electron chi connectivity index (χ3n) is 5.43. The Bertz CT molecular complexity index is 871. The first-order chi connectivity index (χ1) is 13.8. The monoisotopic (exact) mass is 441 g/mol. The van der Waals surface area contributed by atoms with E-state index in [-0.39, 0.29) is 23.8 Å². The van der Waals surface area contributed by atoms with E-state index in [9.17, 15) is 13.6 Å². The molecule has 2 unspecified atom stereocenters. The van der Waals surface area contributed by atoms with Crippen molar-refractivity contribution < 1.29 is 13.6 Å². The van der Waals surface area contributed by atoms with Crippen LogP contribution in [-0.2, 0) is 0 Å². The zero-order chi connectivity index (χ0) is 21.1. The van der Waals surface area contributed by atoms with E-state index in [4.69, 9.17) is 23.2 Å². The van der Waals surface area contributed by atoms with Crippen LogP contribution in [0.3, 0.4) is 0 Å². The Morgan fingerprint density at radius 1 is 1.17 bits per heavy atom. The van der Waals surface area contributed by atoms with Crippen LogP contribution in [0.1, 0.15) is 26.2 Å². The molecule has 4 nitrogen and oxygen atoms in total. The standard InChI is InChI=1S/C21H23Cl2F2N3O/c1-3-16(22)20(17(23)4-2)27-10-9-14-6-7-15(27)12-28(14)21(29)26-13-5-8-18(24)19(25)11-13/h3-5,8,11,14-15H,1,6-7,9-10,12H2,2H3,(H,26,29)/b17-4+,20-16-. The lowest BCUT2D eigenvalue weighted by Gasteiger charge is -2.40. The number of fused-ring (bicyclic) bond motifs is 4. The molecule has 1 aromatic rings. The van der Waals surface area contributed by atoms with Gasteiger partial charge in [-0.15, -0.1) is 0 Å². The van der Waals surface area contributed by atoms with Gasteiger partial charge in [0.2, 0.25) is 0 Å². The van der Waals surface area contributed by atoms with Crippen molar-refractivity contribution in [3.63, 3.8) is 0 Å². The summed E-state index contributed by atoms with van der Waals surface area (Å²) in [6, 6.07) is 3.08. The first-order valence-corrected chi connectivity index (χ1v) is 10.2. The van der Waals surface area contributed by atoms with Crippen molar-refractivity contribution in [1.29, 1.82) is 0 Å². The van der Waals surface area contributed by atoms with Crippen LogP contribution in [0.15, 0.2) is 52.7 Å². The Balaban J connectivity index is 1.81. The summed E-state index contributed by atoms with van der Waals surface area (Å²) in [6.45, 7) is 6.77. The van der Waals surface area contributed by atoms with Crippen LogP contribution in [0.5, 0.6) is 0 Å². The molecular weight excluding hydrogens is 419 g/mol. The van der Waals surface area contributed by atoms with Gasteiger partial charge in [0.1, 0.15) is 0 Å². The third kappa shape index (κ3) is 4.59. The minimum absolute atomic E-state index is 0.0434. The van der Waals surface area contributed by atoms with Gasteiger partial charge in [0.05, 0.1) is 15.8 Å². The SMILES string of the molecule is C=C/C(Cl)=C(\C(Cl)=C/C)N1CCC2CCC1CN2C(=O)Nc1ccc(F)c(F)c1. The topological polar surface area (TPSA) is 35.6 Å². The molecule has 2 bridgehead atoms. The number of allylic oxidation sites excluding steroid dienone is 4. The first-order valence-electron chi connectivity index (χ1n) is 9.49. The number of urea groups is 1. The van der Waals surface area contributed by atoms with E-state index in [1.807, 2.05) is 6.92 Å². The van der Waals surface area contributed by atoms with Gasteiger partial charge in [-0.2, -0.15) is 0 Å². The largest absolute Gasteiger partial charge is 0.364 e. The Hall–Kier alpha value is -2.05. The quantitative estimate of drug-likeness (QED) is 0.597. The molecule has 0 aliphatic carbocycles. The van der Waals surface area contributed by atoms with Gasteiger partial charge in [-0.05, 0) is 44.4 Å². The molecule has 0 spiro atoms. The predicted octanol–water partition coefficient (Wildman–Crippen LogP) is 5.81. The summed E-state index contributed by atoms with van der Waals surface area (Å²) in [5.41, 5.74) is 0.942. The molecule has 3 aliphatic heterocycles. The highest BCUT2D eigenvalue weighted by atomic mass is 35.5. The number of carbonyl (C=O) groups is 1. The fraction of sp³-hybridized carbons (Fsp3) is 0.381. The molecule has 0 radical (unpaired) electrons. The van der Waals surface area contributed by atoms with Crippen molar-refractivity contribution in [3.05, 3.63) is 64.3 Å². The number of rotatable bonds is 4. The zero-order valence-electron chi connectivity index (χ0n) is 16.1. The number of hydrogen-bond donors (Lipinski definition) is 1. The fourth-order valence-electron chi connectivity index (χ4n) is 3.97. The second-order valence-electron chi connectivity index (χ2n) is 7.12. The van der Waals surface area contributed by atoms with Crippen LogP contribution in [-0.4, -0.2) is 41.0 Å². The Labute approximate surface area is 179 Å². The lowest BCUT2D eigenvalue weighted by Crippen LogP contribution is -2.51. The number of anilines is 1. The number of nitrogens with zero attached hydrogens (tertiary/aromatic N) is 2. The summed E-state index contributed by atoms with van der Waals surface area (Å²) >= 11 is 12.8. The summed E-state index contributed by atoms with van der Waals surface area (Å²) < 4.78 is 26.6. The highest BCUT2D eigenvalue weighted by Gasteiger charge is 2.39. The zero-order valence-corrected chi connectivity index (χ0v) is 17.6. The minimum Gasteiger partial charge on any atom is -0.364 e. The molecular formula is C21H23Cl2F2N3O. The van der Waals surface area contributed by atoms with E-state index in [0.717, 1.165) is 37.1 Å². The summed E-state index contributed by atoms with van der Waals surface area (Å²) in [5, 5.41) is 3.68. The highest BCUT2D eigenvalue weighted by Crippen LogP contribution is 2.36. The second-order valence-corrected chi connectivity index (χ2v) is 7.93. The maximum absolute atomic E-state index is 13.5. The molecule has 1 aromatic carbocycles. The average molecular weight is 442 g/mol. The number of amides is 2. The van der Waals surface area contributed by atoms with Gasteiger partial charge in [-0.25, -0.2) is 13.6 Å². The number of benzene rings is 1. The van der Waals surface area contributed by atoms with E-state index in [2.05, 4.69) is 16.8 Å². The summed E-state index contributed by atoms with van der Waals surface area (Å²) in [4.78, 5) is 16.8. The molecule has 3 saturated heterocycles. The lowest BCUT2D eigenvalue weighted by atomic mass is 9.99. The minimum atomic E-state index is -0.999. The van der Waals surface area contributed by atoms with Crippen LogP contribution in [0.4, 0.5) is 19.3 Å². The van der Waals surface area contributed by atoms with Crippen LogP contribution >= 0.6 is 23.2 Å². The number of carbonyl (C=O) groups excluding carboxylic acids is 1. The molecule has 1 N–H and O–H groups in total. The number of nitrogens with one attached hydrogen (secondary N) is 1. The maximum Gasteiger partial charge on any atom is 0.322 e. The molecule has 3 heterocycles. The molecule has 29 heavy (non-hydrogen) atoms. The van der Waals surface area contributed by atoms with Crippen LogP contribution < -0.4 is 5.32 Å². The Morgan fingerprint density at radius 2 is 1.90 bits per heavy atom. The van der Waals surface area contributed by atoms with Gasteiger partial charge in [-0.3, -0.25) is 0 Å². The van der Waals surface area contributed by atoms with E-state index >= 15 is 0 Å². The van der Waals surface area contributed by atoms with Crippen LogP contribution in [0.2, 0.25) is 0 Å². The number of piperidine rings is 1. The number of halogens is 4. The van der Waals surface area contributed by atoms with Crippen molar-refractivity contribution in [1.82, 2.24) is 9.80 Å². The normalized spacial score (nSPS) is 22.9. The molecule has 4 rings (SSSR count). The molecule has 2 amide bonds. The summed E-state index contributed by atoms with van der Waals surface area (Å²) in [5.74, 6) is -1.95. The fourth-order valence-corrected chi connectivity index (χ4v) is 4.44. The van der Waals surface area contributed by atoms with Gasteiger partial charge in [0, 0.05) is 36.9 Å². The Morgan fingerprint density at radius 3 is 2.55 bits per heavy atom. The smallest absolute Gasteiger partial charge is 0.322 e. The predicted molar refractivity (Wildman–Crippen MR) is 113 cm³/mol. The van der Waals surface area contributed by atoms with E-state index < -0.39 is 11.6 Å². The second kappa shape index (κ2) is 9.18. The van der Waals surface area contributed by atoms with Gasteiger partial charge in [-0.1, -0.05) is 35.9 Å². The molecule has 3 aliphatic rings. The van der Waals surface area contributed by atoms with Crippen molar-refractivity contribution in [3.8, 4) is 0 Å². The molecule has 156 valence electrons. The van der Waals surface area contributed by atoms with Crippen LogP contribution in [0.25, 0.3) is 0 Å². The summed E-state index contributed by atoms with van der Waals surface area (Å²) in [6.07, 6.45) is 5.85. The highest BCUT2D eigenvalue weighted by molar-refractivity contribution is 6.36. The van der Waals surface area contributed by atoms with Crippen molar-refractivity contribution >= 4 is 34.9 Å². The average Bonchev–Trinajstić information content (AvgIpc) is 3.02.